The van der Waals surface area contributed by atoms with E-state index in [2.05, 4.69) is 16.9 Å². The zero-order chi connectivity index (χ0) is 29.8. The molecule has 222 valence electrons. The molecule has 0 saturated carbocycles. The van der Waals surface area contributed by atoms with Crippen molar-refractivity contribution in [2.75, 3.05) is 0 Å². The summed E-state index contributed by atoms with van der Waals surface area (Å²) in [7, 11) is 0. The summed E-state index contributed by atoms with van der Waals surface area (Å²) in [6.07, 6.45) is 6.34. The minimum absolute atomic E-state index is 0.137. The third-order valence-corrected chi connectivity index (χ3v) is 7.05. The summed E-state index contributed by atoms with van der Waals surface area (Å²) >= 11 is 0. The summed E-state index contributed by atoms with van der Waals surface area (Å²) in [5.41, 5.74) is -0.00289. The van der Waals surface area contributed by atoms with E-state index in [9.17, 15) is 18.0 Å². The number of alkyl halides is 3. The van der Waals surface area contributed by atoms with Crippen LogP contribution in [0.1, 0.15) is 79.1 Å². The maximum absolute atomic E-state index is 15.0. The van der Waals surface area contributed by atoms with Crippen molar-refractivity contribution in [2.45, 2.75) is 103 Å². The van der Waals surface area contributed by atoms with Crippen LogP contribution in [-0.4, -0.2) is 40.1 Å². The van der Waals surface area contributed by atoms with Crippen LogP contribution in [0, 0.1) is 0 Å². The Labute approximate surface area is 241 Å². The lowest BCUT2D eigenvalue weighted by Gasteiger charge is -2.21. The number of esters is 1. The average molecular weight is 571 g/mol. The van der Waals surface area contributed by atoms with Gasteiger partial charge < -0.3 is 9.47 Å². The molecule has 0 radical (unpaired) electrons. The molecule has 3 aromatic rings. The van der Waals surface area contributed by atoms with Crippen molar-refractivity contribution >= 4 is 5.97 Å². The van der Waals surface area contributed by atoms with Crippen molar-refractivity contribution in [3.63, 3.8) is 0 Å². The van der Waals surface area contributed by atoms with Crippen LogP contribution < -0.4 is 9.47 Å². The van der Waals surface area contributed by atoms with Gasteiger partial charge in [-0.2, -0.15) is 0 Å². The molecule has 0 aliphatic carbocycles. The Morgan fingerprint density at radius 2 is 1.49 bits per heavy atom. The second-order valence-electron chi connectivity index (χ2n) is 10.7. The van der Waals surface area contributed by atoms with Crippen LogP contribution in [0.3, 0.4) is 0 Å². The largest absolute Gasteiger partial charge is 0.487 e. The molecule has 0 spiro atoms. The second kappa shape index (κ2) is 15.5. The maximum atomic E-state index is 15.0. The predicted octanol–water partition coefficient (Wildman–Crippen LogP) is 9.05. The number of unbranched alkanes of at least 4 members (excludes halogenated alkanes) is 6. The lowest BCUT2D eigenvalue weighted by molar-refractivity contribution is -0.147. The molecular weight excluding hydrogens is 529 g/mol. The number of nitrogens with zero attached hydrogens (tertiary/aromatic N) is 2. The van der Waals surface area contributed by atoms with E-state index in [0.29, 0.717) is 29.1 Å². The van der Waals surface area contributed by atoms with Gasteiger partial charge in [-0.15, -0.1) is 0 Å². The molecule has 1 aromatic heterocycles. The Bertz CT molecular complexity index is 1220. The third kappa shape index (κ3) is 9.58. The number of hydrogen-bond acceptors (Lipinski definition) is 5. The van der Waals surface area contributed by atoms with E-state index in [4.69, 9.17) is 9.47 Å². The monoisotopic (exact) mass is 570 g/mol. The fourth-order valence-corrected chi connectivity index (χ4v) is 4.45. The number of para-hydroxylation sites is 1. The quantitative estimate of drug-likeness (QED) is 0.0977. The Morgan fingerprint density at radius 3 is 2.12 bits per heavy atom. The van der Waals surface area contributed by atoms with E-state index < -0.39 is 30.1 Å². The first-order valence-corrected chi connectivity index (χ1v) is 14.5. The van der Waals surface area contributed by atoms with Gasteiger partial charge in [0.1, 0.15) is 23.8 Å². The molecule has 2 aromatic carbocycles. The van der Waals surface area contributed by atoms with Gasteiger partial charge >= 0.3 is 5.97 Å². The highest BCUT2D eigenvalue weighted by molar-refractivity contribution is 5.81. The zero-order valence-corrected chi connectivity index (χ0v) is 24.4. The third-order valence-electron chi connectivity index (χ3n) is 7.05. The van der Waals surface area contributed by atoms with Crippen molar-refractivity contribution in [3.05, 3.63) is 60.9 Å². The molecule has 3 rings (SSSR count). The number of ether oxygens (including phenoxy) is 2. The normalized spacial score (nSPS) is 15.0. The van der Waals surface area contributed by atoms with Crippen LogP contribution in [-0.2, 0) is 4.79 Å². The fraction of sp³-hybridized carbons (Fsp3) is 0.485. The number of hydrogen-bond donors (Lipinski definition) is 0. The number of aromatic nitrogens is 2. The Morgan fingerprint density at radius 1 is 0.878 bits per heavy atom. The topological polar surface area (TPSA) is 61.3 Å². The SMILES string of the molecule is CCCCCCCCCC(C)(F)C(=O)Oc1ccc(-c2cnc(-c3ccccc3OC(C)C(F)C(C)F)nc2)cc1. The van der Waals surface area contributed by atoms with E-state index in [1.54, 1.807) is 60.9 Å². The van der Waals surface area contributed by atoms with E-state index in [-0.39, 0.29) is 12.2 Å². The smallest absolute Gasteiger partial charge is 0.348 e. The highest BCUT2D eigenvalue weighted by atomic mass is 19.2. The zero-order valence-electron chi connectivity index (χ0n) is 24.4. The molecule has 0 aliphatic rings. The molecule has 4 unspecified atom stereocenters. The fourth-order valence-electron chi connectivity index (χ4n) is 4.45. The molecule has 0 amide bonds. The minimum atomic E-state index is -2.04. The highest BCUT2D eigenvalue weighted by Crippen LogP contribution is 2.31. The molecule has 1 heterocycles. The van der Waals surface area contributed by atoms with Gasteiger partial charge in [-0.25, -0.2) is 27.9 Å². The highest BCUT2D eigenvalue weighted by Gasteiger charge is 2.34. The Balaban J connectivity index is 1.59. The van der Waals surface area contributed by atoms with Gasteiger partial charge in [-0.3, -0.25) is 0 Å². The molecule has 0 saturated heterocycles. The van der Waals surface area contributed by atoms with Crippen LogP contribution in [0.5, 0.6) is 11.5 Å². The first-order valence-electron chi connectivity index (χ1n) is 14.5. The first-order chi connectivity index (χ1) is 19.6. The molecule has 0 N–H and O–H groups in total. The molecule has 0 bridgehead atoms. The summed E-state index contributed by atoms with van der Waals surface area (Å²) in [6, 6.07) is 13.6. The van der Waals surface area contributed by atoms with Crippen LogP contribution in [0.2, 0.25) is 0 Å². The van der Waals surface area contributed by atoms with Crippen LogP contribution in [0.4, 0.5) is 13.2 Å². The molecular formula is C33H41F3N2O3. The number of rotatable bonds is 16. The van der Waals surface area contributed by atoms with Crippen molar-refractivity contribution < 1.29 is 27.4 Å². The average Bonchev–Trinajstić information content (AvgIpc) is 2.97. The van der Waals surface area contributed by atoms with Crippen molar-refractivity contribution in [1.29, 1.82) is 0 Å². The number of halogens is 3. The number of benzene rings is 2. The Kier molecular flexibility index (Phi) is 12.2. The van der Waals surface area contributed by atoms with Gasteiger partial charge in [-0.1, -0.05) is 69.7 Å². The summed E-state index contributed by atoms with van der Waals surface area (Å²) in [5, 5.41) is 0. The molecule has 0 aliphatic heterocycles. The molecule has 0 fully saturated rings. The number of carbonyl (C=O) groups is 1. The van der Waals surface area contributed by atoms with Gasteiger partial charge in [0.15, 0.2) is 12.0 Å². The van der Waals surface area contributed by atoms with E-state index >= 15 is 0 Å². The van der Waals surface area contributed by atoms with Gasteiger partial charge in [0.2, 0.25) is 5.67 Å². The van der Waals surface area contributed by atoms with E-state index in [1.165, 1.54) is 33.1 Å². The van der Waals surface area contributed by atoms with Crippen molar-refractivity contribution in [3.8, 4) is 34.0 Å². The van der Waals surface area contributed by atoms with Gasteiger partial charge in [0, 0.05) is 18.0 Å². The van der Waals surface area contributed by atoms with E-state index in [1.807, 2.05) is 0 Å². The lowest BCUT2D eigenvalue weighted by Crippen LogP contribution is -2.34. The second-order valence-corrected chi connectivity index (χ2v) is 10.7. The summed E-state index contributed by atoms with van der Waals surface area (Å²) in [6.45, 7) is 6.09. The van der Waals surface area contributed by atoms with Gasteiger partial charge in [0.05, 0.1) is 5.56 Å². The Hall–Kier alpha value is -3.42. The summed E-state index contributed by atoms with van der Waals surface area (Å²) < 4.78 is 53.4. The van der Waals surface area contributed by atoms with Gasteiger partial charge in [0.25, 0.3) is 0 Å². The first kappa shape index (κ1) is 32.1. The standard InChI is InChI=1S/C33H41F3N2O3/c1-5-6-7-8-9-10-13-20-33(4,36)32(39)41-27-18-16-25(17-19-27)26-21-37-31(38-22-26)28-14-11-12-15-29(28)40-24(3)30(35)23(2)34/h11-12,14-19,21-24,30H,5-10,13,20H2,1-4H3. The lowest BCUT2D eigenvalue weighted by atomic mass is 9.99. The molecule has 5 nitrogen and oxygen atoms in total. The van der Waals surface area contributed by atoms with Crippen LogP contribution >= 0.6 is 0 Å². The van der Waals surface area contributed by atoms with Crippen LogP contribution in [0.25, 0.3) is 22.5 Å². The maximum Gasteiger partial charge on any atom is 0.348 e. The predicted molar refractivity (Wildman–Crippen MR) is 156 cm³/mol. The van der Waals surface area contributed by atoms with Crippen molar-refractivity contribution in [1.82, 2.24) is 9.97 Å². The molecule has 41 heavy (non-hydrogen) atoms. The summed E-state index contributed by atoms with van der Waals surface area (Å²) in [4.78, 5) is 21.3. The summed E-state index contributed by atoms with van der Waals surface area (Å²) in [5.74, 6) is 0.0934. The van der Waals surface area contributed by atoms with Crippen molar-refractivity contribution in [2.24, 2.45) is 0 Å². The molecule has 8 heteroatoms. The molecule has 4 atom stereocenters. The van der Waals surface area contributed by atoms with Crippen LogP contribution in [0.15, 0.2) is 60.9 Å². The number of carbonyl (C=O) groups excluding carboxylic acids is 1. The van der Waals surface area contributed by atoms with Gasteiger partial charge in [-0.05, 0) is 63.4 Å². The van der Waals surface area contributed by atoms with E-state index in [0.717, 1.165) is 31.7 Å². The minimum Gasteiger partial charge on any atom is -0.487 e.